The Bertz CT molecular complexity index is 707. The van der Waals surface area contributed by atoms with Gasteiger partial charge >= 0.3 is 0 Å². The Morgan fingerprint density at radius 2 is 2.14 bits per heavy atom. The molecular formula is C17H22N2O3. The van der Waals surface area contributed by atoms with E-state index in [1.54, 1.807) is 0 Å². The Morgan fingerprint density at radius 3 is 2.77 bits per heavy atom. The van der Waals surface area contributed by atoms with Gasteiger partial charge in [-0.3, -0.25) is 4.79 Å². The molecule has 0 aliphatic heterocycles. The summed E-state index contributed by atoms with van der Waals surface area (Å²) in [5, 5.41) is 23.4. The average molecular weight is 302 g/mol. The van der Waals surface area contributed by atoms with Crippen molar-refractivity contribution < 1.29 is 15.0 Å². The number of aromatic amines is 1. The first-order chi connectivity index (χ1) is 10.5. The van der Waals surface area contributed by atoms with Crippen LogP contribution in [0.2, 0.25) is 0 Å². The molecule has 0 unspecified atom stereocenters. The van der Waals surface area contributed by atoms with Crippen molar-refractivity contribution in [3.05, 3.63) is 35.0 Å². The van der Waals surface area contributed by atoms with Crippen LogP contribution in [0.4, 0.5) is 0 Å². The third-order valence-corrected chi connectivity index (χ3v) is 4.54. The maximum absolute atomic E-state index is 12.6. The molecule has 1 aliphatic carbocycles. The second-order valence-corrected chi connectivity index (χ2v) is 6.10. The summed E-state index contributed by atoms with van der Waals surface area (Å²) < 4.78 is 0. The number of rotatable bonds is 3. The summed E-state index contributed by atoms with van der Waals surface area (Å²) in [7, 11) is 0. The summed E-state index contributed by atoms with van der Waals surface area (Å²) in [6.07, 6.45) is 0.220. The zero-order valence-corrected chi connectivity index (χ0v) is 12.9. The van der Waals surface area contributed by atoms with Gasteiger partial charge < -0.3 is 20.5 Å². The molecule has 118 valence electrons. The summed E-state index contributed by atoms with van der Waals surface area (Å²) in [6, 6.07) is 5.68. The highest BCUT2D eigenvalue weighted by Crippen LogP contribution is 2.25. The first-order valence-corrected chi connectivity index (χ1v) is 7.79. The van der Waals surface area contributed by atoms with Gasteiger partial charge in [-0.25, -0.2) is 0 Å². The highest BCUT2D eigenvalue weighted by Gasteiger charge is 2.35. The number of fused-ring (bicyclic) bond motifs is 1. The molecule has 0 bridgehead atoms. The first kappa shape index (κ1) is 15.1. The minimum absolute atomic E-state index is 0.219. The zero-order chi connectivity index (χ0) is 15.9. The first-order valence-electron chi connectivity index (χ1n) is 7.79. The lowest BCUT2D eigenvalue weighted by atomic mass is 10.1. The van der Waals surface area contributed by atoms with E-state index in [4.69, 9.17) is 0 Å². The molecule has 1 amide bonds. The number of aryl methyl sites for hydroxylation is 2. The molecule has 5 heteroatoms. The molecule has 1 saturated carbocycles. The summed E-state index contributed by atoms with van der Waals surface area (Å²) in [5.41, 5.74) is 3.64. The number of carbonyl (C=O) groups is 1. The number of carbonyl (C=O) groups excluding carboxylic acids is 1. The van der Waals surface area contributed by atoms with E-state index in [1.165, 1.54) is 0 Å². The molecule has 1 fully saturated rings. The van der Waals surface area contributed by atoms with Crippen LogP contribution in [0.15, 0.2) is 18.2 Å². The number of aliphatic hydroxyl groups excluding tert-OH is 2. The molecule has 2 aromatic rings. The topological polar surface area (TPSA) is 85.3 Å². The van der Waals surface area contributed by atoms with Gasteiger partial charge in [0.05, 0.1) is 12.1 Å². The summed E-state index contributed by atoms with van der Waals surface area (Å²) >= 11 is 0. The van der Waals surface area contributed by atoms with Gasteiger partial charge in [0.1, 0.15) is 11.8 Å². The molecule has 3 atom stereocenters. The molecular weight excluding hydrogens is 280 g/mol. The van der Waals surface area contributed by atoms with Gasteiger partial charge in [0.2, 0.25) is 0 Å². The number of H-pyrrole nitrogens is 1. The van der Waals surface area contributed by atoms with Crippen LogP contribution in [-0.4, -0.2) is 39.4 Å². The van der Waals surface area contributed by atoms with Gasteiger partial charge in [0, 0.05) is 10.9 Å². The highest BCUT2D eigenvalue weighted by atomic mass is 16.3. The molecule has 3 rings (SSSR count). The van der Waals surface area contributed by atoms with E-state index in [0.717, 1.165) is 28.5 Å². The van der Waals surface area contributed by atoms with Crippen molar-refractivity contribution in [3.8, 4) is 0 Å². The second kappa shape index (κ2) is 5.74. The molecule has 4 N–H and O–H groups in total. The van der Waals surface area contributed by atoms with Gasteiger partial charge in [0.25, 0.3) is 5.91 Å². The van der Waals surface area contributed by atoms with Crippen LogP contribution in [0.1, 0.15) is 41.4 Å². The standard InChI is InChI=1S/C17H22N2O3/c1-3-10-11-8-9(2)4-5-12(11)18-15(10)17(22)19-13-6-7-14(20)16(13)21/h4-5,8,13-14,16,18,20-21H,3,6-7H2,1-2H3,(H,19,22)/t13-,14-,16-/m1/s1. The SMILES string of the molecule is CCc1c(C(=O)N[C@@H]2CC[C@@H](O)[C@@H]2O)[nH]c2ccc(C)cc12. The predicted molar refractivity (Wildman–Crippen MR) is 84.9 cm³/mol. The number of hydrogen-bond acceptors (Lipinski definition) is 3. The van der Waals surface area contributed by atoms with Gasteiger partial charge in [-0.05, 0) is 43.9 Å². The van der Waals surface area contributed by atoms with Crippen LogP contribution in [0.25, 0.3) is 10.9 Å². The van der Waals surface area contributed by atoms with Crippen LogP contribution in [0.5, 0.6) is 0 Å². The molecule has 5 nitrogen and oxygen atoms in total. The Kier molecular flexibility index (Phi) is 3.93. The minimum Gasteiger partial charge on any atom is -0.390 e. The molecule has 0 radical (unpaired) electrons. The minimum atomic E-state index is -0.888. The van der Waals surface area contributed by atoms with Crippen LogP contribution in [0, 0.1) is 6.92 Å². The molecule has 0 spiro atoms. The Morgan fingerprint density at radius 1 is 1.36 bits per heavy atom. The van der Waals surface area contributed by atoms with Gasteiger partial charge in [-0.15, -0.1) is 0 Å². The normalized spacial score (nSPS) is 24.8. The summed E-state index contributed by atoms with van der Waals surface area (Å²) in [4.78, 5) is 15.7. The maximum Gasteiger partial charge on any atom is 0.268 e. The second-order valence-electron chi connectivity index (χ2n) is 6.10. The lowest BCUT2D eigenvalue weighted by Crippen LogP contribution is -2.43. The Labute approximate surface area is 129 Å². The molecule has 1 aromatic heterocycles. The van der Waals surface area contributed by atoms with Crippen LogP contribution in [0.3, 0.4) is 0 Å². The van der Waals surface area contributed by atoms with Gasteiger partial charge in [-0.1, -0.05) is 18.6 Å². The van der Waals surface area contributed by atoms with Crippen LogP contribution in [-0.2, 0) is 6.42 Å². The van der Waals surface area contributed by atoms with Crippen molar-refractivity contribution in [2.45, 2.75) is 51.4 Å². The van der Waals surface area contributed by atoms with Crippen molar-refractivity contribution in [1.29, 1.82) is 0 Å². The largest absolute Gasteiger partial charge is 0.390 e. The van der Waals surface area contributed by atoms with Crippen molar-refractivity contribution >= 4 is 16.8 Å². The van der Waals surface area contributed by atoms with Crippen LogP contribution >= 0.6 is 0 Å². The Balaban J connectivity index is 1.90. The molecule has 1 aliphatic rings. The van der Waals surface area contributed by atoms with E-state index in [1.807, 2.05) is 26.0 Å². The van der Waals surface area contributed by atoms with Crippen LogP contribution < -0.4 is 5.32 Å². The van der Waals surface area contributed by atoms with E-state index < -0.39 is 12.2 Å². The monoisotopic (exact) mass is 302 g/mol. The highest BCUT2D eigenvalue weighted by molar-refractivity contribution is 6.01. The molecule has 1 heterocycles. The maximum atomic E-state index is 12.6. The fourth-order valence-electron chi connectivity index (χ4n) is 3.28. The summed E-state index contributed by atoms with van der Waals surface area (Å²) in [5.74, 6) is -0.219. The lowest BCUT2D eigenvalue weighted by molar-refractivity contribution is 0.0296. The number of hydrogen-bond donors (Lipinski definition) is 4. The number of benzene rings is 1. The van der Waals surface area contributed by atoms with E-state index in [-0.39, 0.29) is 11.9 Å². The third kappa shape index (κ3) is 2.51. The number of aliphatic hydroxyl groups is 2. The third-order valence-electron chi connectivity index (χ3n) is 4.54. The number of amides is 1. The lowest BCUT2D eigenvalue weighted by Gasteiger charge is -2.18. The van der Waals surface area contributed by atoms with E-state index in [2.05, 4.69) is 16.4 Å². The number of nitrogens with one attached hydrogen (secondary N) is 2. The Hall–Kier alpha value is -1.85. The van der Waals surface area contributed by atoms with Crippen molar-refractivity contribution in [2.24, 2.45) is 0 Å². The van der Waals surface area contributed by atoms with Crippen molar-refractivity contribution in [3.63, 3.8) is 0 Å². The smallest absolute Gasteiger partial charge is 0.268 e. The van der Waals surface area contributed by atoms with E-state index in [0.29, 0.717) is 18.5 Å². The van der Waals surface area contributed by atoms with Gasteiger partial charge in [0.15, 0.2) is 0 Å². The van der Waals surface area contributed by atoms with Gasteiger partial charge in [-0.2, -0.15) is 0 Å². The van der Waals surface area contributed by atoms with Crippen molar-refractivity contribution in [2.75, 3.05) is 0 Å². The van der Waals surface area contributed by atoms with E-state index in [9.17, 15) is 15.0 Å². The fraction of sp³-hybridized carbons (Fsp3) is 0.471. The molecule has 22 heavy (non-hydrogen) atoms. The zero-order valence-electron chi connectivity index (χ0n) is 12.9. The molecule has 1 aromatic carbocycles. The quantitative estimate of drug-likeness (QED) is 0.695. The number of aromatic nitrogens is 1. The molecule has 0 saturated heterocycles. The van der Waals surface area contributed by atoms with E-state index >= 15 is 0 Å². The fourth-order valence-corrected chi connectivity index (χ4v) is 3.28. The van der Waals surface area contributed by atoms with Crippen molar-refractivity contribution in [1.82, 2.24) is 10.3 Å². The average Bonchev–Trinajstić information content (AvgIpc) is 3.01. The predicted octanol–water partition coefficient (Wildman–Crippen LogP) is 1.65. The summed E-state index contributed by atoms with van der Waals surface area (Å²) in [6.45, 7) is 4.05.